The van der Waals surface area contributed by atoms with Crippen LogP contribution < -0.4 is 9.47 Å². The first-order valence-electron chi connectivity index (χ1n) is 3.97. The fourth-order valence-corrected chi connectivity index (χ4v) is 1.79. The quantitative estimate of drug-likeness (QED) is 0.850. The summed E-state index contributed by atoms with van der Waals surface area (Å²) in [4.78, 5) is 3.72. The molecule has 0 aliphatic carbocycles. The molecule has 0 aliphatic heterocycles. The maximum atomic E-state index is 12.1. The summed E-state index contributed by atoms with van der Waals surface area (Å²) in [5.74, 6) is -0.473. The molecule has 16 heavy (non-hydrogen) atoms. The fourth-order valence-electron chi connectivity index (χ4n) is 0.971. The molecule has 8 heteroatoms. The lowest BCUT2D eigenvalue weighted by molar-refractivity contribution is -0.275. The van der Waals surface area contributed by atoms with Crippen LogP contribution >= 0.6 is 22.6 Å². The third-order valence-corrected chi connectivity index (χ3v) is 2.55. The molecule has 0 spiro atoms. The Bertz CT molecular complexity index is 384. The third-order valence-electron chi connectivity index (χ3n) is 1.60. The highest BCUT2D eigenvalue weighted by atomic mass is 127. The van der Waals surface area contributed by atoms with E-state index in [1.165, 1.54) is 7.11 Å². The van der Waals surface area contributed by atoms with Gasteiger partial charge >= 0.3 is 6.36 Å². The Hall–Kier alpha value is -0.770. The van der Waals surface area contributed by atoms with Crippen molar-refractivity contribution in [2.45, 2.75) is 13.0 Å². The van der Waals surface area contributed by atoms with Crippen molar-refractivity contribution in [2.75, 3.05) is 7.11 Å². The molecule has 1 N–H and O–H groups in total. The van der Waals surface area contributed by atoms with Crippen molar-refractivity contribution in [3.8, 4) is 11.6 Å². The minimum absolute atomic E-state index is 0.0112. The first-order valence-corrected chi connectivity index (χ1v) is 5.05. The number of ether oxygens (including phenoxy) is 2. The summed E-state index contributed by atoms with van der Waals surface area (Å²) in [5, 5.41) is 8.87. The van der Waals surface area contributed by atoms with Gasteiger partial charge in [-0.1, -0.05) is 0 Å². The van der Waals surface area contributed by atoms with Crippen LogP contribution in [0.3, 0.4) is 0 Å². The Kier molecular flexibility index (Phi) is 4.19. The highest BCUT2D eigenvalue weighted by Gasteiger charge is 2.34. The van der Waals surface area contributed by atoms with Crippen LogP contribution in [-0.4, -0.2) is 23.6 Å². The average molecular weight is 349 g/mol. The van der Waals surface area contributed by atoms with E-state index in [1.807, 2.05) is 0 Å². The number of rotatable bonds is 3. The van der Waals surface area contributed by atoms with E-state index in [2.05, 4.69) is 9.72 Å². The van der Waals surface area contributed by atoms with Gasteiger partial charge in [0, 0.05) is 11.8 Å². The van der Waals surface area contributed by atoms with Crippen molar-refractivity contribution in [1.29, 1.82) is 0 Å². The van der Waals surface area contributed by atoms with Gasteiger partial charge < -0.3 is 14.6 Å². The number of aliphatic hydroxyl groups excluding tert-OH is 1. The fraction of sp³-hybridized carbons (Fsp3) is 0.375. The van der Waals surface area contributed by atoms with Gasteiger partial charge in [-0.2, -0.15) is 0 Å². The van der Waals surface area contributed by atoms with Gasteiger partial charge in [-0.25, -0.2) is 4.98 Å². The maximum absolute atomic E-state index is 12.1. The molecule has 1 aromatic rings. The molecular formula is C8H7F3INO3. The van der Waals surface area contributed by atoms with Gasteiger partial charge in [-0.05, 0) is 22.6 Å². The molecular weight excluding hydrogens is 342 g/mol. The Labute approximate surface area is 103 Å². The van der Waals surface area contributed by atoms with Gasteiger partial charge in [0.25, 0.3) is 0 Å². The van der Waals surface area contributed by atoms with Gasteiger partial charge in [0.15, 0.2) is 5.75 Å². The monoisotopic (exact) mass is 349 g/mol. The second kappa shape index (κ2) is 5.04. The zero-order chi connectivity index (χ0) is 12.3. The molecule has 0 bridgehead atoms. The number of aromatic nitrogens is 1. The lowest BCUT2D eigenvalue weighted by Crippen LogP contribution is -2.19. The van der Waals surface area contributed by atoms with Crippen LogP contribution in [0.15, 0.2) is 6.20 Å². The van der Waals surface area contributed by atoms with Crippen molar-refractivity contribution in [3.05, 3.63) is 15.3 Å². The zero-order valence-electron chi connectivity index (χ0n) is 8.01. The molecule has 0 saturated heterocycles. The second-order valence-corrected chi connectivity index (χ2v) is 3.72. The standard InChI is InChI=1S/C8H7F3INO3/c1-15-7-5(12)6(16-8(9,10)11)4(3-14)2-13-7/h2,14H,3H2,1H3. The van der Waals surface area contributed by atoms with E-state index >= 15 is 0 Å². The van der Waals surface area contributed by atoms with Crippen LogP contribution in [0.4, 0.5) is 13.2 Å². The molecule has 1 rings (SSSR count). The lowest BCUT2D eigenvalue weighted by atomic mass is 10.3. The molecule has 0 atom stereocenters. The predicted octanol–water partition coefficient (Wildman–Crippen LogP) is 2.09. The first-order chi connectivity index (χ1) is 7.39. The van der Waals surface area contributed by atoms with E-state index in [9.17, 15) is 13.2 Å². The molecule has 0 radical (unpaired) electrons. The van der Waals surface area contributed by atoms with Crippen LogP contribution in [0, 0.1) is 3.57 Å². The van der Waals surface area contributed by atoms with Crippen LogP contribution in [0.1, 0.15) is 5.56 Å². The van der Waals surface area contributed by atoms with Crippen molar-refractivity contribution in [3.63, 3.8) is 0 Å². The van der Waals surface area contributed by atoms with Crippen molar-refractivity contribution in [1.82, 2.24) is 4.98 Å². The number of alkyl halides is 3. The molecule has 0 saturated carbocycles. The van der Waals surface area contributed by atoms with Crippen molar-refractivity contribution in [2.24, 2.45) is 0 Å². The molecule has 0 amide bonds. The zero-order valence-corrected chi connectivity index (χ0v) is 10.2. The van der Waals surface area contributed by atoms with Crippen molar-refractivity contribution >= 4 is 22.6 Å². The number of aliphatic hydroxyl groups is 1. The largest absolute Gasteiger partial charge is 0.573 e. The normalized spacial score (nSPS) is 11.4. The number of nitrogens with zero attached hydrogens (tertiary/aromatic N) is 1. The number of halogens is 4. The van der Waals surface area contributed by atoms with Crippen molar-refractivity contribution < 1.29 is 27.8 Å². The molecule has 0 aliphatic rings. The third kappa shape index (κ3) is 3.11. The molecule has 4 nitrogen and oxygen atoms in total. The number of pyridine rings is 1. The second-order valence-electron chi connectivity index (χ2n) is 2.64. The Balaban J connectivity index is 3.21. The van der Waals surface area contributed by atoms with Crippen LogP contribution in [0.2, 0.25) is 0 Å². The van der Waals surface area contributed by atoms with E-state index in [0.717, 1.165) is 6.20 Å². The van der Waals surface area contributed by atoms with E-state index in [0.29, 0.717) is 0 Å². The summed E-state index contributed by atoms with van der Waals surface area (Å²) >= 11 is 1.61. The van der Waals surface area contributed by atoms with Gasteiger partial charge in [-0.15, -0.1) is 13.2 Å². The first kappa shape index (κ1) is 13.3. The van der Waals surface area contributed by atoms with Crippen LogP contribution in [-0.2, 0) is 6.61 Å². The Morgan fingerprint density at radius 3 is 2.56 bits per heavy atom. The van der Waals surface area contributed by atoms with Gasteiger partial charge in [0.1, 0.15) is 3.57 Å². The van der Waals surface area contributed by atoms with Crippen LogP contribution in [0.25, 0.3) is 0 Å². The minimum Gasteiger partial charge on any atom is -0.480 e. The summed E-state index contributed by atoms with van der Waals surface area (Å²) in [5.41, 5.74) is -0.0532. The SMILES string of the molecule is COc1ncc(CO)c(OC(F)(F)F)c1I. The maximum Gasteiger partial charge on any atom is 0.573 e. The lowest BCUT2D eigenvalue weighted by Gasteiger charge is -2.14. The molecule has 1 aromatic heterocycles. The molecule has 90 valence electrons. The number of hydrogen-bond acceptors (Lipinski definition) is 4. The summed E-state index contributed by atoms with van der Waals surface area (Å²) in [6.07, 6.45) is -3.75. The average Bonchev–Trinajstić information content (AvgIpc) is 2.19. The topological polar surface area (TPSA) is 51.6 Å². The Morgan fingerprint density at radius 1 is 1.50 bits per heavy atom. The van der Waals surface area contributed by atoms with Gasteiger partial charge in [0.2, 0.25) is 5.88 Å². The van der Waals surface area contributed by atoms with Gasteiger partial charge in [0.05, 0.1) is 13.7 Å². The molecule has 0 aromatic carbocycles. The smallest absolute Gasteiger partial charge is 0.480 e. The Morgan fingerprint density at radius 2 is 2.12 bits per heavy atom. The van der Waals surface area contributed by atoms with E-state index in [1.54, 1.807) is 22.6 Å². The number of methoxy groups -OCH3 is 1. The highest BCUT2D eigenvalue weighted by molar-refractivity contribution is 14.1. The summed E-state index contributed by atoms with van der Waals surface area (Å²) in [7, 11) is 1.28. The molecule has 0 unspecified atom stereocenters. The predicted molar refractivity (Wildman–Crippen MR) is 56.1 cm³/mol. The summed E-state index contributed by atoms with van der Waals surface area (Å²) in [6, 6.07) is 0. The molecule has 1 heterocycles. The van der Waals surface area contributed by atoms with E-state index in [4.69, 9.17) is 9.84 Å². The van der Waals surface area contributed by atoms with Gasteiger partial charge in [-0.3, -0.25) is 0 Å². The summed E-state index contributed by atoms with van der Waals surface area (Å²) < 4.78 is 44.9. The van der Waals surface area contributed by atoms with E-state index < -0.39 is 18.7 Å². The minimum atomic E-state index is -4.82. The highest BCUT2D eigenvalue weighted by Crippen LogP contribution is 2.35. The summed E-state index contributed by atoms with van der Waals surface area (Å²) in [6.45, 7) is -0.599. The number of hydrogen-bond donors (Lipinski definition) is 1. The van der Waals surface area contributed by atoms with Crippen LogP contribution in [0.5, 0.6) is 11.6 Å². The van der Waals surface area contributed by atoms with E-state index in [-0.39, 0.29) is 15.0 Å². The molecule has 0 fully saturated rings.